The smallest absolute Gasteiger partial charge is 0.248 e. The Morgan fingerprint density at radius 2 is 2.06 bits per heavy atom. The summed E-state index contributed by atoms with van der Waals surface area (Å²) in [7, 11) is 0. The van der Waals surface area contributed by atoms with Gasteiger partial charge >= 0.3 is 0 Å². The van der Waals surface area contributed by atoms with E-state index in [1.54, 1.807) is 11.3 Å². The Morgan fingerprint density at radius 3 is 2.56 bits per heavy atom. The van der Waals surface area contributed by atoms with Crippen molar-refractivity contribution in [2.75, 3.05) is 0 Å². The largest absolute Gasteiger partial charge is 0.324 e. The molecule has 1 aliphatic rings. The van der Waals surface area contributed by atoms with Crippen molar-refractivity contribution in [3.63, 3.8) is 0 Å². The molecule has 1 unspecified atom stereocenters. The SMILES string of the molecule is Cc1cc(C(N)C2CCC(F)(F)CC2)cs1. The Labute approximate surface area is 98.7 Å². The average Bonchev–Trinajstić information content (AvgIpc) is 2.64. The van der Waals surface area contributed by atoms with E-state index in [0.29, 0.717) is 12.8 Å². The fourth-order valence-electron chi connectivity index (χ4n) is 2.33. The Balaban J connectivity index is 1.99. The lowest BCUT2D eigenvalue weighted by atomic mass is 9.80. The van der Waals surface area contributed by atoms with Gasteiger partial charge in [-0.15, -0.1) is 11.3 Å². The predicted molar refractivity (Wildman–Crippen MR) is 62.9 cm³/mol. The van der Waals surface area contributed by atoms with Crippen LogP contribution in [0, 0.1) is 12.8 Å². The molecule has 16 heavy (non-hydrogen) atoms. The van der Waals surface area contributed by atoms with Crippen LogP contribution in [0.5, 0.6) is 0 Å². The molecule has 2 rings (SSSR count). The average molecular weight is 245 g/mol. The van der Waals surface area contributed by atoms with Gasteiger partial charge in [0, 0.05) is 23.8 Å². The highest BCUT2D eigenvalue weighted by Crippen LogP contribution is 2.40. The lowest BCUT2D eigenvalue weighted by molar-refractivity contribution is -0.0483. The summed E-state index contributed by atoms with van der Waals surface area (Å²) in [4.78, 5) is 1.23. The van der Waals surface area contributed by atoms with Crippen molar-refractivity contribution < 1.29 is 8.78 Å². The highest BCUT2D eigenvalue weighted by atomic mass is 32.1. The molecule has 0 saturated heterocycles. The number of halogens is 2. The molecule has 0 aromatic carbocycles. The van der Waals surface area contributed by atoms with Crippen LogP contribution in [0.25, 0.3) is 0 Å². The maximum Gasteiger partial charge on any atom is 0.248 e. The summed E-state index contributed by atoms with van der Waals surface area (Å²) in [6, 6.07) is 2.00. The molecule has 90 valence electrons. The molecule has 0 spiro atoms. The van der Waals surface area contributed by atoms with Crippen molar-refractivity contribution in [1.82, 2.24) is 0 Å². The van der Waals surface area contributed by atoms with E-state index in [1.165, 1.54) is 4.88 Å². The predicted octanol–water partition coefficient (Wildman–Crippen LogP) is 3.88. The van der Waals surface area contributed by atoms with Gasteiger partial charge in [-0.3, -0.25) is 0 Å². The molecule has 1 atom stereocenters. The normalized spacial score (nSPS) is 23.2. The van der Waals surface area contributed by atoms with E-state index >= 15 is 0 Å². The molecule has 1 aliphatic carbocycles. The molecule has 1 heterocycles. The Kier molecular flexibility index (Phi) is 3.31. The molecule has 0 amide bonds. The number of hydrogen-bond donors (Lipinski definition) is 1. The van der Waals surface area contributed by atoms with E-state index in [4.69, 9.17) is 5.73 Å². The Hall–Kier alpha value is -0.480. The topological polar surface area (TPSA) is 26.0 Å². The zero-order chi connectivity index (χ0) is 11.8. The molecule has 0 bridgehead atoms. The van der Waals surface area contributed by atoms with E-state index in [-0.39, 0.29) is 24.8 Å². The van der Waals surface area contributed by atoms with Gasteiger partial charge in [-0.2, -0.15) is 0 Å². The number of rotatable bonds is 2. The summed E-state index contributed by atoms with van der Waals surface area (Å²) in [5, 5.41) is 2.05. The zero-order valence-electron chi connectivity index (χ0n) is 9.38. The molecule has 1 aromatic heterocycles. The quantitative estimate of drug-likeness (QED) is 0.840. The van der Waals surface area contributed by atoms with E-state index in [1.807, 2.05) is 12.3 Å². The summed E-state index contributed by atoms with van der Waals surface area (Å²) < 4.78 is 26.0. The van der Waals surface area contributed by atoms with Gasteiger partial charge < -0.3 is 5.73 Å². The van der Waals surface area contributed by atoms with Gasteiger partial charge in [0.1, 0.15) is 0 Å². The second kappa shape index (κ2) is 4.41. The van der Waals surface area contributed by atoms with Crippen LogP contribution >= 0.6 is 11.3 Å². The lowest BCUT2D eigenvalue weighted by Gasteiger charge is -2.31. The summed E-state index contributed by atoms with van der Waals surface area (Å²) >= 11 is 1.67. The molecular formula is C12H17F2NS. The third kappa shape index (κ3) is 2.61. The molecule has 1 saturated carbocycles. The summed E-state index contributed by atoms with van der Waals surface area (Å²) in [5.41, 5.74) is 7.24. The van der Waals surface area contributed by atoms with Gasteiger partial charge in [0.05, 0.1) is 0 Å². The van der Waals surface area contributed by atoms with E-state index < -0.39 is 5.92 Å². The van der Waals surface area contributed by atoms with Crippen molar-refractivity contribution in [2.45, 2.75) is 44.6 Å². The van der Waals surface area contributed by atoms with Gasteiger partial charge in [0.2, 0.25) is 5.92 Å². The summed E-state index contributed by atoms with van der Waals surface area (Å²) in [6.45, 7) is 2.04. The van der Waals surface area contributed by atoms with Crippen molar-refractivity contribution in [3.8, 4) is 0 Å². The Bertz CT molecular complexity index is 352. The molecule has 0 aliphatic heterocycles. The van der Waals surface area contributed by atoms with Crippen LogP contribution in [-0.4, -0.2) is 5.92 Å². The molecule has 2 N–H and O–H groups in total. The number of hydrogen-bond acceptors (Lipinski definition) is 2. The molecule has 4 heteroatoms. The minimum Gasteiger partial charge on any atom is -0.324 e. The first kappa shape index (κ1) is 12.0. The van der Waals surface area contributed by atoms with Crippen molar-refractivity contribution in [1.29, 1.82) is 0 Å². The molecule has 1 aromatic rings. The standard InChI is InChI=1S/C12H17F2NS/c1-8-6-10(7-16-8)11(15)9-2-4-12(13,14)5-3-9/h6-7,9,11H,2-5,15H2,1H3. The van der Waals surface area contributed by atoms with Gasteiger partial charge in [0.15, 0.2) is 0 Å². The Morgan fingerprint density at radius 1 is 1.44 bits per heavy atom. The van der Waals surface area contributed by atoms with E-state index in [0.717, 1.165) is 5.56 Å². The summed E-state index contributed by atoms with van der Waals surface area (Å²) in [5.74, 6) is -2.24. The van der Waals surface area contributed by atoms with Crippen molar-refractivity contribution in [3.05, 3.63) is 21.9 Å². The number of thiophene rings is 1. The highest BCUT2D eigenvalue weighted by molar-refractivity contribution is 7.10. The number of aryl methyl sites for hydroxylation is 1. The fourth-order valence-corrected chi connectivity index (χ4v) is 3.08. The van der Waals surface area contributed by atoms with Crippen LogP contribution in [0.4, 0.5) is 8.78 Å². The third-order valence-electron chi connectivity index (χ3n) is 3.41. The molecule has 1 fully saturated rings. The van der Waals surface area contributed by atoms with Crippen LogP contribution < -0.4 is 5.73 Å². The van der Waals surface area contributed by atoms with Crippen molar-refractivity contribution >= 4 is 11.3 Å². The van der Waals surface area contributed by atoms with Crippen LogP contribution in [0.2, 0.25) is 0 Å². The number of alkyl halides is 2. The fraction of sp³-hybridized carbons (Fsp3) is 0.667. The monoisotopic (exact) mass is 245 g/mol. The van der Waals surface area contributed by atoms with Gasteiger partial charge in [-0.05, 0) is 42.7 Å². The van der Waals surface area contributed by atoms with E-state index in [2.05, 4.69) is 6.07 Å². The minimum atomic E-state index is -2.46. The van der Waals surface area contributed by atoms with E-state index in [9.17, 15) is 8.78 Å². The third-order valence-corrected chi connectivity index (χ3v) is 4.29. The maximum absolute atomic E-state index is 13.0. The number of nitrogens with two attached hydrogens (primary N) is 1. The van der Waals surface area contributed by atoms with Gasteiger partial charge in [-0.1, -0.05) is 0 Å². The summed E-state index contributed by atoms with van der Waals surface area (Å²) in [6.07, 6.45) is 1.08. The van der Waals surface area contributed by atoms with Gasteiger partial charge in [-0.25, -0.2) is 8.78 Å². The van der Waals surface area contributed by atoms with Crippen LogP contribution in [-0.2, 0) is 0 Å². The minimum absolute atomic E-state index is 0.00547. The first-order chi connectivity index (χ1) is 7.48. The van der Waals surface area contributed by atoms with Gasteiger partial charge in [0.25, 0.3) is 0 Å². The molecule has 0 radical (unpaired) electrons. The first-order valence-corrected chi connectivity index (χ1v) is 6.54. The second-order valence-electron chi connectivity index (χ2n) is 4.71. The highest BCUT2D eigenvalue weighted by Gasteiger charge is 2.37. The first-order valence-electron chi connectivity index (χ1n) is 5.66. The molecule has 1 nitrogen and oxygen atoms in total. The molecular weight excluding hydrogens is 228 g/mol. The second-order valence-corrected chi connectivity index (χ2v) is 5.83. The van der Waals surface area contributed by atoms with Crippen LogP contribution in [0.3, 0.4) is 0 Å². The van der Waals surface area contributed by atoms with Crippen molar-refractivity contribution in [2.24, 2.45) is 11.7 Å². The maximum atomic E-state index is 13.0. The van der Waals surface area contributed by atoms with Crippen LogP contribution in [0.1, 0.15) is 42.2 Å². The lowest BCUT2D eigenvalue weighted by Crippen LogP contribution is -2.30. The zero-order valence-corrected chi connectivity index (χ0v) is 10.2. The van der Waals surface area contributed by atoms with Crippen LogP contribution in [0.15, 0.2) is 11.4 Å².